The van der Waals surface area contributed by atoms with E-state index in [1.165, 1.54) is 45.8 Å². The predicted molar refractivity (Wildman–Crippen MR) is 126 cm³/mol. The summed E-state index contributed by atoms with van der Waals surface area (Å²) in [6, 6.07) is 13.4. The second-order valence-corrected chi connectivity index (χ2v) is 9.73. The highest BCUT2D eigenvalue weighted by Crippen LogP contribution is 2.45. The maximum absolute atomic E-state index is 14.9. The first-order chi connectivity index (χ1) is 15.9. The van der Waals surface area contributed by atoms with E-state index in [4.69, 9.17) is 4.74 Å². The predicted octanol–water partition coefficient (Wildman–Crippen LogP) is 5.60. The number of methoxy groups -OCH3 is 1. The first kappa shape index (κ1) is 21.3. The Hall–Kier alpha value is -3.56. The topological polar surface area (TPSA) is 79.7 Å². The number of aryl methyl sites for hydroxylation is 1. The van der Waals surface area contributed by atoms with E-state index in [0.29, 0.717) is 16.1 Å². The minimum absolute atomic E-state index is 0.100. The van der Waals surface area contributed by atoms with E-state index in [1.54, 1.807) is 43.5 Å². The fourth-order valence-electron chi connectivity index (χ4n) is 3.84. The number of ether oxygens (including phenoxy) is 1. The lowest BCUT2D eigenvalue weighted by molar-refractivity contribution is -0.117. The Kier molecular flexibility index (Phi) is 5.22. The van der Waals surface area contributed by atoms with Crippen molar-refractivity contribution in [1.29, 1.82) is 0 Å². The van der Waals surface area contributed by atoms with Crippen LogP contribution >= 0.6 is 22.7 Å². The van der Waals surface area contributed by atoms with Crippen LogP contribution in [0.5, 0.6) is 5.75 Å². The first-order valence-electron chi connectivity index (χ1n) is 9.96. The maximum Gasteiger partial charge on any atom is 0.296 e. The molecule has 2 aromatic heterocycles. The number of aliphatic hydroxyl groups excluding tert-OH is 1. The van der Waals surface area contributed by atoms with Crippen molar-refractivity contribution in [2.24, 2.45) is 0 Å². The van der Waals surface area contributed by atoms with Crippen LogP contribution in [0.25, 0.3) is 10.2 Å². The quantitative estimate of drug-likeness (QED) is 0.376. The summed E-state index contributed by atoms with van der Waals surface area (Å²) in [5, 5.41) is 11.1. The summed E-state index contributed by atoms with van der Waals surface area (Å²) < 4.78 is 21.0. The van der Waals surface area contributed by atoms with Crippen LogP contribution < -0.4 is 9.64 Å². The molecule has 0 aliphatic carbocycles. The second-order valence-electron chi connectivity index (χ2n) is 7.43. The summed E-state index contributed by atoms with van der Waals surface area (Å²) in [4.78, 5) is 33.6. The Labute approximate surface area is 196 Å². The maximum atomic E-state index is 14.9. The van der Waals surface area contributed by atoms with Crippen LogP contribution in [0.3, 0.4) is 0 Å². The second kappa shape index (κ2) is 8.09. The van der Waals surface area contributed by atoms with Gasteiger partial charge in [0.25, 0.3) is 5.91 Å². The smallest absolute Gasteiger partial charge is 0.296 e. The molecule has 1 unspecified atom stereocenters. The zero-order chi connectivity index (χ0) is 23.3. The number of hydrogen-bond acceptors (Lipinski definition) is 7. The third kappa shape index (κ3) is 3.49. The van der Waals surface area contributed by atoms with Gasteiger partial charge in [0.1, 0.15) is 17.6 Å². The van der Waals surface area contributed by atoms with Gasteiger partial charge in [-0.2, -0.15) is 0 Å². The third-order valence-corrected chi connectivity index (χ3v) is 7.42. The molecule has 0 saturated heterocycles. The van der Waals surface area contributed by atoms with Crippen LogP contribution in [0.4, 0.5) is 9.52 Å². The van der Waals surface area contributed by atoms with Gasteiger partial charge in [-0.15, -0.1) is 11.3 Å². The van der Waals surface area contributed by atoms with E-state index in [-0.39, 0.29) is 16.3 Å². The van der Waals surface area contributed by atoms with Gasteiger partial charge >= 0.3 is 0 Å². The molecule has 0 bridgehead atoms. The molecule has 33 heavy (non-hydrogen) atoms. The molecule has 5 rings (SSSR count). The summed E-state index contributed by atoms with van der Waals surface area (Å²) in [7, 11) is 1.55. The van der Waals surface area contributed by atoms with Gasteiger partial charge in [0.15, 0.2) is 10.9 Å². The number of hydrogen-bond donors (Lipinski definition) is 1. The number of benzene rings is 2. The molecule has 1 aliphatic rings. The number of amides is 1. The highest BCUT2D eigenvalue weighted by molar-refractivity contribution is 7.22. The molecular formula is C24H17FN2O4S2. The largest absolute Gasteiger partial charge is 0.503 e. The van der Waals surface area contributed by atoms with Crippen molar-refractivity contribution < 1.29 is 23.8 Å². The van der Waals surface area contributed by atoms with Crippen LogP contribution in [0.2, 0.25) is 0 Å². The van der Waals surface area contributed by atoms with Gasteiger partial charge in [-0.25, -0.2) is 9.37 Å². The van der Waals surface area contributed by atoms with E-state index in [9.17, 15) is 19.1 Å². The lowest BCUT2D eigenvalue weighted by Gasteiger charge is -2.24. The van der Waals surface area contributed by atoms with Gasteiger partial charge in [-0.3, -0.25) is 14.5 Å². The van der Waals surface area contributed by atoms with Crippen LogP contribution in [0.1, 0.15) is 26.2 Å². The summed E-state index contributed by atoms with van der Waals surface area (Å²) in [6.07, 6.45) is 0. The summed E-state index contributed by atoms with van der Waals surface area (Å²) in [5.41, 5.74) is 0.552. The number of aliphatic hydroxyl groups is 1. The van der Waals surface area contributed by atoms with Crippen molar-refractivity contribution in [1.82, 2.24) is 4.98 Å². The van der Waals surface area contributed by atoms with Crippen LogP contribution in [0.15, 0.2) is 65.9 Å². The number of nitrogens with zero attached hydrogens (tertiary/aromatic N) is 2. The summed E-state index contributed by atoms with van der Waals surface area (Å²) in [6.45, 7) is 1.85. The molecule has 9 heteroatoms. The molecule has 1 aliphatic heterocycles. The van der Waals surface area contributed by atoms with E-state index < -0.39 is 29.3 Å². The van der Waals surface area contributed by atoms with Gasteiger partial charge in [0, 0.05) is 10.4 Å². The summed E-state index contributed by atoms with van der Waals surface area (Å²) >= 11 is 2.44. The average molecular weight is 481 g/mol. The van der Waals surface area contributed by atoms with E-state index in [0.717, 1.165) is 9.58 Å². The third-order valence-electron chi connectivity index (χ3n) is 5.41. The Morgan fingerprint density at radius 1 is 1.15 bits per heavy atom. The summed E-state index contributed by atoms with van der Waals surface area (Å²) in [5.74, 6) is -1.98. The molecule has 1 amide bonds. The average Bonchev–Trinajstić information content (AvgIpc) is 3.49. The minimum atomic E-state index is -1.16. The number of thiazole rings is 1. The molecule has 0 spiro atoms. The van der Waals surface area contributed by atoms with Crippen molar-refractivity contribution in [3.8, 4) is 5.75 Å². The van der Waals surface area contributed by atoms with Gasteiger partial charge < -0.3 is 9.84 Å². The Morgan fingerprint density at radius 2 is 1.94 bits per heavy atom. The first-order valence-corrected chi connectivity index (χ1v) is 11.6. The van der Waals surface area contributed by atoms with Crippen molar-refractivity contribution in [2.75, 3.05) is 12.0 Å². The number of anilines is 1. The number of rotatable bonds is 5. The number of carbonyl (C=O) groups is 2. The molecule has 0 radical (unpaired) electrons. The fourth-order valence-corrected chi connectivity index (χ4v) is 5.68. The van der Waals surface area contributed by atoms with Crippen molar-refractivity contribution in [3.63, 3.8) is 0 Å². The molecular weight excluding hydrogens is 463 g/mol. The number of ketones is 1. The molecule has 2 aromatic carbocycles. The number of aromatic nitrogens is 1. The number of halogens is 1. The molecule has 3 heterocycles. The monoisotopic (exact) mass is 480 g/mol. The number of Topliss-reactive ketones (excluding diaryl/α,β-unsaturated/α-hetero) is 1. The SMILES string of the molecule is COc1ccc2nc(N3C(=O)C(O)=C(C(=O)c4ccc(C)s4)C3c3ccccc3F)sc2c1. The van der Waals surface area contributed by atoms with E-state index in [1.807, 2.05) is 6.92 Å². The normalized spacial score (nSPS) is 16.2. The number of thiophene rings is 1. The van der Waals surface area contributed by atoms with Gasteiger partial charge in [0.2, 0.25) is 5.78 Å². The van der Waals surface area contributed by atoms with Gasteiger partial charge in [-0.05, 0) is 43.3 Å². The van der Waals surface area contributed by atoms with Crippen molar-refractivity contribution in [3.05, 3.63) is 87.1 Å². The van der Waals surface area contributed by atoms with E-state index in [2.05, 4.69) is 4.98 Å². The zero-order valence-corrected chi connectivity index (χ0v) is 19.2. The highest BCUT2D eigenvalue weighted by atomic mass is 32.1. The molecule has 1 atom stereocenters. The number of fused-ring (bicyclic) bond motifs is 1. The van der Waals surface area contributed by atoms with Crippen LogP contribution in [-0.4, -0.2) is 28.9 Å². The molecule has 166 valence electrons. The Balaban J connectivity index is 1.69. The van der Waals surface area contributed by atoms with Gasteiger partial charge in [-0.1, -0.05) is 29.5 Å². The lowest BCUT2D eigenvalue weighted by atomic mass is 9.95. The molecule has 0 saturated carbocycles. The standard InChI is InChI=1S/C24H17FN2O4S2/c1-12-7-10-17(32-12)21(28)19-20(14-5-3-4-6-15(14)25)27(23(30)22(19)29)24-26-16-9-8-13(31-2)11-18(16)33-24/h3-11,20,29H,1-2H3. The Morgan fingerprint density at radius 3 is 2.64 bits per heavy atom. The van der Waals surface area contributed by atoms with Crippen molar-refractivity contribution in [2.45, 2.75) is 13.0 Å². The fraction of sp³-hybridized carbons (Fsp3) is 0.125. The van der Waals surface area contributed by atoms with Crippen molar-refractivity contribution >= 4 is 49.7 Å². The molecule has 6 nitrogen and oxygen atoms in total. The van der Waals surface area contributed by atoms with E-state index >= 15 is 0 Å². The zero-order valence-electron chi connectivity index (χ0n) is 17.5. The van der Waals surface area contributed by atoms with Gasteiger partial charge in [0.05, 0.1) is 27.8 Å². The molecule has 1 N–H and O–H groups in total. The minimum Gasteiger partial charge on any atom is -0.503 e. The Bertz CT molecular complexity index is 1460. The highest BCUT2D eigenvalue weighted by Gasteiger charge is 2.47. The number of carbonyl (C=O) groups excluding carboxylic acids is 2. The molecule has 0 fully saturated rings. The molecule has 4 aromatic rings. The van der Waals surface area contributed by atoms with Crippen LogP contribution in [-0.2, 0) is 4.79 Å². The van der Waals surface area contributed by atoms with Crippen LogP contribution in [0, 0.1) is 12.7 Å². The lowest BCUT2D eigenvalue weighted by Crippen LogP contribution is -2.31.